The Balaban J connectivity index is 2.52. The number of hydrogen-bond acceptors (Lipinski definition) is 3. The lowest BCUT2D eigenvalue weighted by Crippen LogP contribution is -2.32. The van der Waals surface area contributed by atoms with Gasteiger partial charge in [-0.05, 0) is 35.0 Å². The maximum atomic E-state index is 10.9. The van der Waals surface area contributed by atoms with Gasteiger partial charge in [0.05, 0.1) is 10.7 Å². The van der Waals surface area contributed by atoms with Crippen LogP contribution in [0.15, 0.2) is 28.7 Å². The fourth-order valence-electron chi connectivity index (χ4n) is 1.07. The first kappa shape index (κ1) is 13.5. The summed E-state index contributed by atoms with van der Waals surface area (Å²) in [5, 5.41) is 0. The van der Waals surface area contributed by atoms with E-state index >= 15 is 0 Å². The third-order valence-corrected chi connectivity index (χ3v) is 3.14. The minimum Gasteiger partial charge on any atom is -0.488 e. The van der Waals surface area contributed by atoms with Gasteiger partial charge in [0.2, 0.25) is 10.0 Å². The predicted molar refractivity (Wildman–Crippen MR) is 67.1 cm³/mol. The van der Waals surface area contributed by atoms with Gasteiger partial charge >= 0.3 is 0 Å². The van der Waals surface area contributed by atoms with Crippen molar-refractivity contribution >= 4 is 26.0 Å². The lowest BCUT2D eigenvalue weighted by Gasteiger charge is -2.15. The van der Waals surface area contributed by atoms with Crippen LogP contribution in [0.3, 0.4) is 0 Å². The van der Waals surface area contributed by atoms with E-state index in [1.807, 2.05) is 24.3 Å². The summed E-state index contributed by atoms with van der Waals surface area (Å²) in [6, 6.07) is 7.43. The molecule has 0 saturated heterocycles. The summed E-state index contributed by atoms with van der Waals surface area (Å²) < 4.78 is 30.6. The van der Waals surface area contributed by atoms with E-state index in [4.69, 9.17) is 4.74 Å². The second kappa shape index (κ2) is 5.65. The fourth-order valence-corrected chi connectivity index (χ4v) is 1.98. The van der Waals surface area contributed by atoms with E-state index in [-0.39, 0.29) is 12.6 Å². The van der Waals surface area contributed by atoms with Crippen molar-refractivity contribution in [2.75, 3.05) is 12.8 Å². The van der Waals surface area contributed by atoms with Gasteiger partial charge in [0, 0.05) is 6.54 Å². The monoisotopic (exact) mass is 307 g/mol. The number of ether oxygens (including phenoxy) is 1. The molecule has 16 heavy (non-hydrogen) atoms. The zero-order valence-corrected chi connectivity index (χ0v) is 11.5. The SMILES string of the molecule is C[C@@H](CNS(C)(=O)=O)Oc1ccccc1Br. The second-order valence-electron chi connectivity index (χ2n) is 3.48. The highest BCUT2D eigenvalue weighted by molar-refractivity contribution is 9.10. The molecule has 0 unspecified atom stereocenters. The van der Waals surface area contributed by atoms with Crippen molar-refractivity contribution in [3.63, 3.8) is 0 Å². The van der Waals surface area contributed by atoms with E-state index in [0.29, 0.717) is 5.75 Å². The van der Waals surface area contributed by atoms with Gasteiger partial charge in [0.1, 0.15) is 11.9 Å². The van der Waals surface area contributed by atoms with Gasteiger partial charge in [0.25, 0.3) is 0 Å². The normalized spacial score (nSPS) is 13.4. The molecule has 1 N–H and O–H groups in total. The molecule has 0 amide bonds. The summed E-state index contributed by atoms with van der Waals surface area (Å²) >= 11 is 3.35. The molecule has 0 saturated carbocycles. The molecule has 0 aliphatic heterocycles. The smallest absolute Gasteiger partial charge is 0.208 e. The number of benzene rings is 1. The summed E-state index contributed by atoms with van der Waals surface area (Å²) in [5.74, 6) is 0.699. The van der Waals surface area contributed by atoms with E-state index in [1.54, 1.807) is 6.92 Å². The molecule has 0 fully saturated rings. The summed E-state index contributed by atoms with van der Waals surface area (Å²) in [7, 11) is -3.16. The van der Waals surface area contributed by atoms with Crippen LogP contribution in [0.4, 0.5) is 0 Å². The van der Waals surface area contributed by atoms with Crippen LogP contribution in [0.1, 0.15) is 6.92 Å². The first-order valence-corrected chi connectivity index (χ1v) is 7.43. The molecule has 0 aliphatic carbocycles. The first-order valence-electron chi connectivity index (χ1n) is 4.74. The van der Waals surface area contributed by atoms with Crippen LogP contribution in [-0.4, -0.2) is 27.3 Å². The third kappa shape index (κ3) is 4.96. The van der Waals surface area contributed by atoms with Crippen LogP contribution in [-0.2, 0) is 10.0 Å². The van der Waals surface area contributed by atoms with Crippen molar-refractivity contribution in [2.45, 2.75) is 13.0 Å². The minimum absolute atomic E-state index is 0.228. The maximum Gasteiger partial charge on any atom is 0.208 e. The quantitative estimate of drug-likeness (QED) is 0.902. The molecular weight excluding hydrogens is 294 g/mol. The summed E-state index contributed by atoms with van der Waals surface area (Å²) in [6.45, 7) is 2.05. The largest absolute Gasteiger partial charge is 0.488 e. The van der Waals surface area contributed by atoms with Crippen LogP contribution >= 0.6 is 15.9 Å². The highest BCUT2D eigenvalue weighted by Crippen LogP contribution is 2.24. The molecule has 1 aromatic carbocycles. The van der Waals surface area contributed by atoms with Crippen molar-refractivity contribution in [2.24, 2.45) is 0 Å². The Kier molecular flexibility index (Phi) is 4.76. The molecule has 0 aliphatic rings. The van der Waals surface area contributed by atoms with Gasteiger partial charge in [0.15, 0.2) is 0 Å². The zero-order chi connectivity index (χ0) is 12.2. The molecule has 1 aromatic rings. The van der Waals surface area contributed by atoms with Crippen molar-refractivity contribution in [3.05, 3.63) is 28.7 Å². The first-order chi connectivity index (χ1) is 7.38. The summed E-state index contributed by atoms with van der Waals surface area (Å²) in [6.07, 6.45) is 0.895. The van der Waals surface area contributed by atoms with Gasteiger partial charge in [-0.3, -0.25) is 0 Å². The van der Waals surface area contributed by atoms with E-state index in [2.05, 4.69) is 20.7 Å². The van der Waals surface area contributed by atoms with E-state index in [0.717, 1.165) is 10.7 Å². The van der Waals surface area contributed by atoms with E-state index in [1.165, 1.54) is 0 Å². The van der Waals surface area contributed by atoms with Gasteiger partial charge in [-0.1, -0.05) is 12.1 Å². The number of para-hydroxylation sites is 1. The Morgan fingerprint density at radius 3 is 2.62 bits per heavy atom. The van der Waals surface area contributed by atoms with E-state index < -0.39 is 10.0 Å². The molecule has 0 heterocycles. The molecule has 4 nitrogen and oxygen atoms in total. The predicted octanol–water partition coefficient (Wildman–Crippen LogP) is 1.77. The lowest BCUT2D eigenvalue weighted by atomic mass is 10.3. The molecule has 1 atom stereocenters. The molecule has 0 bridgehead atoms. The van der Waals surface area contributed by atoms with Gasteiger partial charge in [-0.2, -0.15) is 0 Å². The summed E-state index contributed by atoms with van der Waals surface area (Å²) in [4.78, 5) is 0. The zero-order valence-electron chi connectivity index (χ0n) is 9.10. The second-order valence-corrected chi connectivity index (χ2v) is 6.17. The Morgan fingerprint density at radius 2 is 2.06 bits per heavy atom. The van der Waals surface area contributed by atoms with Gasteiger partial charge < -0.3 is 4.74 Å². The number of halogens is 1. The van der Waals surface area contributed by atoms with Crippen LogP contribution < -0.4 is 9.46 Å². The number of nitrogens with one attached hydrogen (secondary N) is 1. The van der Waals surface area contributed by atoms with Gasteiger partial charge in [-0.25, -0.2) is 13.1 Å². The van der Waals surface area contributed by atoms with E-state index in [9.17, 15) is 8.42 Å². The van der Waals surface area contributed by atoms with Crippen LogP contribution in [0.5, 0.6) is 5.75 Å². The lowest BCUT2D eigenvalue weighted by molar-refractivity contribution is 0.223. The molecular formula is C10H14BrNO3S. The third-order valence-electron chi connectivity index (χ3n) is 1.80. The molecule has 90 valence electrons. The van der Waals surface area contributed by atoms with Crippen molar-refractivity contribution < 1.29 is 13.2 Å². The summed E-state index contributed by atoms with van der Waals surface area (Å²) in [5.41, 5.74) is 0. The van der Waals surface area contributed by atoms with Crippen molar-refractivity contribution in [1.29, 1.82) is 0 Å². The van der Waals surface area contributed by atoms with Gasteiger partial charge in [-0.15, -0.1) is 0 Å². The Hall–Kier alpha value is -0.590. The average Bonchev–Trinajstić information content (AvgIpc) is 2.18. The highest BCUT2D eigenvalue weighted by Gasteiger charge is 2.09. The number of sulfonamides is 1. The van der Waals surface area contributed by atoms with Crippen LogP contribution in [0, 0.1) is 0 Å². The average molecular weight is 308 g/mol. The standard InChI is InChI=1S/C10H14BrNO3S/c1-8(7-12-16(2,13)14)15-10-6-4-3-5-9(10)11/h3-6,8,12H,7H2,1-2H3/t8-/m0/s1. The van der Waals surface area contributed by atoms with Crippen molar-refractivity contribution in [1.82, 2.24) is 4.72 Å². The molecule has 0 aromatic heterocycles. The number of hydrogen-bond donors (Lipinski definition) is 1. The fraction of sp³-hybridized carbons (Fsp3) is 0.400. The Labute approximate surface area is 104 Å². The number of rotatable bonds is 5. The molecule has 0 spiro atoms. The van der Waals surface area contributed by atoms with Crippen molar-refractivity contribution in [3.8, 4) is 5.75 Å². The molecule has 0 radical (unpaired) electrons. The van der Waals surface area contributed by atoms with Crippen LogP contribution in [0.25, 0.3) is 0 Å². The maximum absolute atomic E-state index is 10.9. The Morgan fingerprint density at radius 1 is 1.44 bits per heavy atom. The van der Waals surface area contributed by atoms with Crippen LogP contribution in [0.2, 0.25) is 0 Å². The molecule has 6 heteroatoms. The minimum atomic E-state index is -3.16. The topological polar surface area (TPSA) is 55.4 Å². The Bertz CT molecular complexity index is 447. The highest BCUT2D eigenvalue weighted by atomic mass is 79.9. The molecule has 1 rings (SSSR count).